The Morgan fingerprint density at radius 2 is 1.85 bits per heavy atom. The van der Waals surface area contributed by atoms with E-state index in [1.807, 2.05) is 44.2 Å². The highest BCUT2D eigenvalue weighted by molar-refractivity contribution is 8.27. The van der Waals surface area contributed by atoms with Crippen LogP contribution in [0.1, 0.15) is 19.4 Å². The van der Waals surface area contributed by atoms with Crippen LogP contribution in [0.4, 0.5) is 5.69 Å². The number of carbonyl (C=O) groups excluding carboxylic acids is 1. The molecule has 0 atom stereocenters. The minimum atomic E-state index is -0.202. The number of carbonyl (C=O) groups is 1. The molecular formula is C19H15Cl2NO2S2. The number of rotatable bonds is 4. The molecule has 1 aliphatic rings. The Morgan fingerprint density at radius 3 is 2.46 bits per heavy atom. The summed E-state index contributed by atoms with van der Waals surface area (Å²) in [5, 5.41) is 0.883. The van der Waals surface area contributed by atoms with E-state index in [-0.39, 0.29) is 12.0 Å². The maximum atomic E-state index is 12.8. The van der Waals surface area contributed by atoms with Crippen molar-refractivity contribution in [3.8, 4) is 5.75 Å². The van der Waals surface area contributed by atoms with Crippen LogP contribution in [0.5, 0.6) is 5.75 Å². The van der Waals surface area contributed by atoms with Crippen molar-refractivity contribution < 1.29 is 9.53 Å². The quantitative estimate of drug-likeness (QED) is 0.433. The lowest BCUT2D eigenvalue weighted by molar-refractivity contribution is -0.113. The molecular weight excluding hydrogens is 409 g/mol. The Kier molecular flexibility index (Phi) is 5.92. The third kappa shape index (κ3) is 4.23. The first-order valence-electron chi connectivity index (χ1n) is 7.85. The van der Waals surface area contributed by atoms with Crippen LogP contribution in [0.3, 0.4) is 0 Å². The maximum absolute atomic E-state index is 12.8. The highest BCUT2D eigenvalue weighted by atomic mass is 35.5. The lowest BCUT2D eigenvalue weighted by Crippen LogP contribution is -2.27. The molecule has 0 aromatic heterocycles. The molecule has 1 amide bonds. The molecule has 0 bridgehead atoms. The van der Waals surface area contributed by atoms with E-state index in [9.17, 15) is 4.79 Å². The summed E-state index contributed by atoms with van der Waals surface area (Å²) in [5.41, 5.74) is 1.42. The van der Waals surface area contributed by atoms with Crippen LogP contribution in [-0.2, 0) is 4.79 Å². The number of ether oxygens (including phenoxy) is 1. The minimum Gasteiger partial charge on any atom is -0.491 e. The van der Waals surface area contributed by atoms with Crippen molar-refractivity contribution in [2.75, 3.05) is 4.90 Å². The van der Waals surface area contributed by atoms with Gasteiger partial charge in [-0.2, -0.15) is 0 Å². The molecule has 1 fully saturated rings. The van der Waals surface area contributed by atoms with E-state index in [1.165, 1.54) is 16.7 Å². The third-order valence-electron chi connectivity index (χ3n) is 3.49. The number of nitrogens with zero attached hydrogens (tertiary/aromatic N) is 1. The third-order valence-corrected chi connectivity index (χ3v) is 5.33. The summed E-state index contributed by atoms with van der Waals surface area (Å²) in [5.74, 6) is 0.587. The van der Waals surface area contributed by atoms with Crippen LogP contribution in [0.2, 0.25) is 10.0 Å². The Labute approximate surface area is 171 Å². The van der Waals surface area contributed by atoms with Crippen molar-refractivity contribution >= 4 is 69.2 Å². The van der Waals surface area contributed by atoms with Gasteiger partial charge in [0.05, 0.1) is 21.7 Å². The SMILES string of the molecule is CC(C)Oc1ccc(/C=C2/SC(=S)N(c3ccc(Cl)cc3Cl)C2=O)cc1. The van der Waals surface area contributed by atoms with Crippen molar-refractivity contribution in [3.05, 3.63) is 63.0 Å². The number of anilines is 1. The van der Waals surface area contributed by atoms with Gasteiger partial charge in [0.1, 0.15) is 5.75 Å². The number of hydrogen-bond donors (Lipinski definition) is 0. The fourth-order valence-corrected chi connectivity index (χ4v) is 4.18. The van der Waals surface area contributed by atoms with E-state index in [1.54, 1.807) is 18.2 Å². The van der Waals surface area contributed by atoms with E-state index in [0.29, 0.717) is 25.0 Å². The average Bonchev–Trinajstić information content (AvgIpc) is 2.83. The molecule has 1 heterocycles. The van der Waals surface area contributed by atoms with Crippen molar-refractivity contribution in [2.24, 2.45) is 0 Å². The fourth-order valence-electron chi connectivity index (χ4n) is 2.40. The van der Waals surface area contributed by atoms with Gasteiger partial charge in [-0.3, -0.25) is 9.69 Å². The second kappa shape index (κ2) is 8.01. The second-order valence-electron chi connectivity index (χ2n) is 5.85. The van der Waals surface area contributed by atoms with Gasteiger partial charge >= 0.3 is 0 Å². The van der Waals surface area contributed by atoms with Gasteiger partial charge in [-0.15, -0.1) is 0 Å². The fraction of sp³-hybridized carbons (Fsp3) is 0.158. The zero-order valence-electron chi connectivity index (χ0n) is 14.0. The molecule has 2 aromatic rings. The van der Waals surface area contributed by atoms with Gasteiger partial charge < -0.3 is 4.74 Å². The monoisotopic (exact) mass is 423 g/mol. The highest BCUT2D eigenvalue weighted by Crippen LogP contribution is 2.39. The van der Waals surface area contributed by atoms with Gasteiger partial charge in [0.25, 0.3) is 5.91 Å². The normalized spacial score (nSPS) is 16.0. The molecule has 0 radical (unpaired) electrons. The number of thioether (sulfide) groups is 1. The van der Waals surface area contributed by atoms with Crippen LogP contribution in [0.15, 0.2) is 47.4 Å². The van der Waals surface area contributed by atoms with E-state index in [4.69, 9.17) is 40.2 Å². The van der Waals surface area contributed by atoms with Gasteiger partial charge in [0.15, 0.2) is 4.32 Å². The molecule has 7 heteroatoms. The summed E-state index contributed by atoms with van der Waals surface area (Å²) in [6.45, 7) is 3.95. The summed E-state index contributed by atoms with van der Waals surface area (Å²) >= 11 is 18.8. The summed E-state index contributed by atoms with van der Waals surface area (Å²) in [6, 6.07) is 12.5. The van der Waals surface area contributed by atoms with Gasteiger partial charge in [0.2, 0.25) is 0 Å². The van der Waals surface area contributed by atoms with Crippen LogP contribution in [0.25, 0.3) is 6.08 Å². The number of thiocarbonyl (C=S) groups is 1. The van der Waals surface area contributed by atoms with E-state index in [2.05, 4.69) is 0 Å². The van der Waals surface area contributed by atoms with Crippen molar-refractivity contribution in [3.63, 3.8) is 0 Å². The number of hydrogen-bond acceptors (Lipinski definition) is 4. The predicted molar refractivity (Wildman–Crippen MR) is 114 cm³/mol. The molecule has 3 rings (SSSR count). The van der Waals surface area contributed by atoms with Gasteiger partial charge in [0, 0.05) is 5.02 Å². The van der Waals surface area contributed by atoms with Crippen LogP contribution in [0, 0.1) is 0 Å². The van der Waals surface area contributed by atoms with Crippen molar-refractivity contribution in [1.82, 2.24) is 0 Å². The molecule has 134 valence electrons. The van der Waals surface area contributed by atoms with Crippen molar-refractivity contribution in [2.45, 2.75) is 20.0 Å². The zero-order valence-corrected chi connectivity index (χ0v) is 17.2. The zero-order chi connectivity index (χ0) is 18.8. The maximum Gasteiger partial charge on any atom is 0.270 e. The van der Waals surface area contributed by atoms with Gasteiger partial charge in [-0.05, 0) is 55.8 Å². The average molecular weight is 424 g/mol. The van der Waals surface area contributed by atoms with Gasteiger partial charge in [-0.1, -0.05) is 59.3 Å². The van der Waals surface area contributed by atoms with Crippen LogP contribution in [-0.4, -0.2) is 16.3 Å². The lowest BCUT2D eigenvalue weighted by Gasteiger charge is -2.16. The molecule has 1 aliphatic heterocycles. The topological polar surface area (TPSA) is 29.5 Å². The molecule has 3 nitrogen and oxygen atoms in total. The Balaban J connectivity index is 1.85. The lowest BCUT2D eigenvalue weighted by atomic mass is 10.2. The Morgan fingerprint density at radius 1 is 1.15 bits per heavy atom. The summed E-state index contributed by atoms with van der Waals surface area (Å²) < 4.78 is 6.06. The Bertz CT molecular complexity index is 895. The summed E-state index contributed by atoms with van der Waals surface area (Å²) in [4.78, 5) is 14.8. The number of benzene rings is 2. The number of halogens is 2. The summed E-state index contributed by atoms with van der Waals surface area (Å²) in [6.07, 6.45) is 1.92. The minimum absolute atomic E-state index is 0.112. The Hall–Kier alpha value is -1.53. The first kappa shape index (κ1) is 19.2. The first-order valence-corrected chi connectivity index (χ1v) is 9.83. The van der Waals surface area contributed by atoms with Crippen LogP contribution >= 0.6 is 47.2 Å². The highest BCUT2D eigenvalue weighted by Gasteiger charge is 2.34. The second-order valence-corrected chi connectivity index (χ2v) is 8.37. The standard InChI is InChI=1S/C19H15Cl2NO2S2/c1-11(2)24-14-6-3-12(4-7-14)9-17-18(23)22(19(25)26-17)16-8-5-13(20)10-15(16)21/h3-11H,1-2H3/b17-9+. The predicted octanol–water partition coefficient (Wildman–Crippen LogP) is 6.19. The van der Waals surface area contributed by atoms with E-state index < -0.39 is 0 Å². The van der Waals surface area contributed by atoms with E-state index in [0.717, 1.165) is 11.3 Å². The molecule has 0 N–H and O–H groups in total. The van der Waals surface area contributed by atoms with Crippen molar-refractivity contribution in [1.29, 1.82) is 0 Å². The first-order chi connectivity index (χ1) is 12.3. The molecule has 1 saturated heterocycles. The molecule has 0 unspecified atom stereocenters. The van der Waals surface area contributed by atoms with E-state index >= 15 is 0 Å². The largest absolute Gasteiger partial charge is 0.491 e. The van der Waals surface area contributed by atoms with Crippen LogP contribution < -0.4 is 9.64 Å². The molecule has 0 saturated carbocycles. The number of amides is 1. The molecule has 26 heavy (non-hydrogen) atoms. The van der Waals surface area contributed by atoms with Gasteiger partial charge in [-0.25, -0.2) is 0 Å². The molecule has 0 spiro atoms. The smallest absolute Gasteiger partial charge is 0.270 e. The molecule has 2 aromatic carbocycles. The molecule has 0 aliphatic carbocycles. The summed E-state index contributed by atoms with van der Waals surface area (Å²) in [7, 11) is 0.